The van der Waals surface area contributed by atoms with Crippen molar-refractivity contribution in [2.24, 2.45) is 0 Å². The normalized spacial score (nSPS) is 15.5. The Balaban J connectivity index is 1.58. The summed E-state index contributed by atoms with van der Waals surface area (Å²) in [5.41, 5.74) is 1.38. The Labute approximate surface area is 162 Å². The van der Waals surface area contributed by atoms with E-state index in [2.05, 4.69) is 20.0 Å². The minimum absolute atomic E-state index is 0.177. The lowest BCUT2D eigenvalue weighted by Gasteiger charge is -2.35. The first-order valence-corrected chi connectivity index (χ1v) is 9.18. The van der Waals surface area contributed by atoms with Crippen LogP contribution in [0.4, 0.5) is 5.82 Å². The minimum atomic E-state index is -0.938. The van der Waals surface area contributed by atoms with Gasteiger partial charge in [-0.25, -0.2) is 4.98 Å². The summed E-state index contributed by atoms with van der Waals surface area (Å²) < 4.78 is 5.32. The molecule has 3 aromatic heterocycles. The van der Waals surface area contributed by atoms with Crippen molar-refractivity contribution in [2.75, 3.05) is 31.1 Å². The van der Waals surface area contributed by atoms with E-state index in [1.807, 2.05) is 24.3 Å². The number of rotatable bonds is 4. The molecule has 28 heavy (non-hydrogen) atoms. The highest BCUT2D eigenvalue weighted by Gasteiger charge is 2.31. The third kappa shape index (κ3) is 3.46. The fraction of sp³-hybridized carbons (Fsp3) is 0.300. The minimum Gasteiger partial charge on any atom is -0.385 e. The highest BCUT2D eigenvalue weighted by molar-refractivity contribution is 6.01. The van der Waals surface area contributed by atoms with Gasteiger partial charge in [-0.1, -0.05) is 11.2 Å². The van der Waals surface area contributed by atoms with E-state index in [0.717, 1.165) is 5.82 Å². The van der Waals surface area contributed by atoms with Crippen molar-refractivity contribution in [1.29, 1.82) is 0 Å². The third-order valence-electron chi connectivity index (χ3n) is 4.79. The van der Waals surface area contributed by atoms with E-state index in [4.69, 9.17) is 4.52 Å². The van der Waals surface area contributed by atoms with Crippen LogP contribution in [0.5, 0.6) is 0 Å². The second-order valence-electron chi connectivity index (χ2n) is 6.66. The summed E-state index contributed by atoms with van der Waals surface area (Å²) in [5, 5.41) is 14.1. The van der Waals surface area contributed by atoms with E-state index in [-0.39, 0.29) is 11.7 Å². The molecule has 1 atom stereocenters. The molecule has 4 heterocycles. The van der Waals surface area contributed by atoms with Crippen molar-refractivity contribution in [2.45, 2.75) is 13.0 Å². The lowest BCUT2D eigenvalue weighted by atomic mass is 10.0. The average Bonchev–Trinajstić information content (AvgIpc) is 3.20. The predicted octanol–water partition coefficient (Wildman–Crippen LogP) is 2.15. The van der Waals surface area contributed by atoms with Gasteiger partial charge < -0.3 is 19.4 Å². The second-order valence-corrected chi connectivity index (χ2v) is 6.66. The third-order valence-corrected chi connectivity index (χ3v) is 4.79. The maximum absolute atomic E-state index is 13.3. The molecule has 0 aliphatic carbocycles. The number of piperazine rings is 1. The molecule has 4 rings (SSSR count). The zero-order chi connectivity index (χ0) is 19.5. The molecule has 0 aromatic carbocycles. The zero-order valence-electron chi connectivity index (χ0n) is 15.5. The van der Waals surface area contributed by atoms with Gasteiger partial charge in [-0.3, -0.25) is 9.78 Å². The van der Waals surface area contributed by atoms with Gasteiger partial charge in [-0.2, -0.15) is 0 Å². The van der Waals surface area contributed by atoms with E-state index in [9.17, 15) is 9.90 Å². The molecule has 1 aliphatic heterocycles. The monoisotopic (exact) mass is 379 g/mol. The zero-order valence-corrected chi connectivity index (χ0v) is 15.5. The summed E-state index contributed by atoms with van der Waals surface area (Å²) in [6.07, 6.45) is 4.10. The van der Waals surface area contributed by atoms with Crippen molar-refractivity contribution in [3.8, 4) is 11.3 Å². The fourth-order valence-electron chi connectivity index (χ4n) is 3.33. The lowest BCUT2D eigenvalue weighted by Crippen LogP contribution is -2.49. The molecule has 0 bridgehead atoms. The van der Waals surface area contributed by atoms with Gasteiger partial charge in [0.05, 0.1) is 0 Å². The molecule has 144 valence electrons. The Morgan fingerprint density at radius 1 is 1.14 bits per heavy atom. The van der Waals surface area contributed by atoms with Gasteiger partial charge in [0.15, 0.2) is 5.76 Å². The molecule has 1 aliphatic rings. The van der Waals surface area contributed by atoms with Crippen molar-refractivity contribution < 1.29 is 14.4 Å². The van der Waals surface area contributed by atoms with Crippen molar-refractivity contribution in [1.82, 2.24) is 20.0 Å². The molecule has 0 spiro atoms. The van der Waals surface area contributed by atoms with Crippen LogP contribution in [-0.4, -0.2) is 57.2 Å². The summed E-state index contributed by atoms with van der Waals surface area (Å²) in [6.45, 7) is 4.02. The van der Waals surface area contributed by atoms with E-state index in [1.165, 1.54) is 0 Å². The van der Waals surface area contributed by atoms with Crippen LogP contribution in [0.1, 0.15) is 29.1 Å². The van der Waals surface area contributed by atoms with Crippen molar-refractivity contribution in [3.63, 3.8) is 0 Å². The molecular formula is C20H21N5O3. The highest BCUT2D eigenvalue weighted by atomic mass is 16.5. The predicted molar refractivity (Wildman–Crippen MR) is 103 cm³/mol. The van der Waals surface area contributed by atoms with Crippen LogP contribution in [0.25, 0.3) is 11.3 Å². The molecule has 3 aromatic rings. The maximum Gasteiger partial charge on any atom is 0.259 e. The number of aliphatic hydroxyl groups is 1. The number of carbonyl (C=O) groups excluding carboxylic acids is 1. The largest absolute Gasteiger partial charge is 0.385 e. The highest BCUT2D eigenvalue weighted by Crippen LogP contribution is 2.30. The van der Waals surface area contributed by atoms with Gasteiger partial charge in [0, 0.05) is 50.3 Å². The van der Waals surface area contributed by atoms with Crippen molar-refractivity contribution >= 4 is 11.7 Å². The van der Waals surface area contributed by atoms with E-state index in [1.54, 1.807) is 36.5 Å². The molecular weight excluding hydrogens is 358 g/mol. The Bertz CT molecular complexity index is 935. The van der Waals surface area contributed by atoms with Gasteiger partial charge in [0.25, 0.3) is 5.91 Å². The Morgan fingerprint density at radius 3 is 2.61 bits per heavy atom. The number of aliphatic hydroxyl groups excluding tert-OH is 1. The summed E-state index contributed by atoms with van der Waals surface area (Å²) in [4.78, 5) is 25.7. The lowest BCUT2D eigenvalue weighted by molar-refractivity contribution is 0.0735. The summed E-state index contributed by atoms with van der Waals surface area (Å²) >= 11 is 0. The van der Waals surface area contributed by atoms with Crippen LogP contribution in [0.15, 0.2) is 53.4 Å². The Hall–Kier alpha value is -3.26. The Kier molecular flexibility index (Phi) is 5.03. The molecule has 0 saturated carbocycles. The number of pyridine rings is 2. The first kappa shape index (κ1) is 18.1. The van der Waals surface area contributed by atoms with Gasteiger partial charge in [-0.05, 0) is 31.2 Å². The topological polar surface area (TPSA) is 95.6 Å². The van der Waals surface area contributed by atoms with Crippen LogP contribution < -0.4 is 4.90 Å². The van der Waals surface area contributed by atoms with Gasteiger partial charge in [-0.15, -0.1) is 0 Å². The molecule has 1 fully saturated rings. The Morgan fingerprint density at radius 2 is 1.96 bits per heavy atom. The van der Waals surface area contributed by atoms with Gasteiger partial charge in [0.2, 0.25) is 0 Å². The molecule has 0 radical (unpaired) electrons. The maximum atomic E-state index is 13.3. The molecule has 1 unspecified atom stereocenters. The average molecular weight is 379 g/mol. The fourth-order valence-corrected chi connectivity index (χ4v) is 3.33. The van der Waals surface area contributed by atoms with Crippen LogP contribution >= 0.6 is 0 Å². The molecule has 1 saturated heterocycles. The van der Waals surface area contributed by atoms with Gasteiger partial charge >= 0.3 is 0 Å². The quantitative estimate of drug-likeness (QED) is 0.742. The summed E-state index contributed by atoms with van der Waals surface area (Å²) in [7, 11) is 0. The number of amides is 1. The van der Waals surface area contributed by atoms with Gasteiger partial charge in [0.1, 0.15) is 23.2 Å². The SMILES string of the molecule is CC(O)c1onc(-c2cccnc2)c1C(=O)N1CCN(c2ccccn2)CC1. The van der Waals surface area contributed by atoms with Crippen LogP contribution in [0, 0.1) is 0 Å². The first-order valence-electron chi connectivity index (χ1n) is 9.18. The number of carbonyl (C=O) groups is 1. The van der Waals surface area contributed by atoms with E-state index in [0.29, 0.717) is 43.0 Å². The van der Waals surface area contributed by atoms with E-state index >= 15 is 0 Å². The number of nitrogens with zero attached hydrogens (tertiary/aromatic N) is 5. The number of anilines is 1. The first-order chi connectivity index (χ1) is 13.6. The summed E-state index contributed by atoms with van der Waals surface area (Å²) in [5.74, 6) is 0.882. The molecule has 1 N–H and O–H groups in total. The standard InChI is InChI=1S/C20H21N5O3/c1-14(26)19-17(18(23-28-19)15-5-4-7-21-13-15)20(27)25-11-9-24(10-12-25)16-6-2-3-8-22-16/h2-8,13-14,26H,9-12H2,1H3. The molecule has 8 heteroatoms. The second kappa shape index (κ2) is 7.77. The molecule has 8 nitrogen and oxygen atoms in total. The van der Waals surface area contributed by atoms with Crippen molar-refractivity contribution in [3.05, 3.63) is 60.2 Å². The van der Waals surface area contributed by atoms with Crippen LogP contribution in [0.3, 0.4) is 0 Å². The number of hydrogen-bond donors (Lipinski definition) is 1. The molecule has 1 amide bonds. The number of aromatic nitrogens is 3. The number of hydrogen-bond acceptors (Lipinski definition) is 7. The smallest absolute Gasteiger partial charge is 0.259 e. The van der Waals surface area contributed by atoms with Crippen LogP contribution in [0.2, 0.25) is 0 Å². The summed E-state index contributed by atoms with van der Waals surface area (Å²) in [6, 6.07) is 9.38. The van der Waals surface area contributed by atoms with Crippen LogP contribution in [-0.2, 0) is 0 Å². The van der Waals surface area contributed by atoms with E-state index < -0.39 is 6.10 Å².